The van der Waals surface area contributed by atoms with E-state index in [1.165, 1.54) is 0 Å². The fourth-order valence-corrected chi connectivity index (χ4v) is 1.73. The van der Waals surface area contributed by atoms with Crippen LogP contribution in [0, 0.1) is 0 Å². The molecule has 0 bridgehead atoms. The Kier molecular flexibility index (Phi) is 3.95. The van der Waals surface area contributed by atoms with Gasteiger partial charge in [0.25, 0.3) is 0 Å². The topological polar surface area (TPSA) is 9.23 Å². The molecule has 0 unspecified atom stereocenters. The average molecular weight is 216 g/mol. The molecule has 1 radical (unpaired) electrons. The molecule has 4 heteroatoms. The number of benzene rings is 1. The van der Waals surface area contributed by atoms with Crippen LogP contribution in [0.1, 0.15) is 5.56 Å². The maximum atomic E-state index is 6.06. The van der Waals surface area contributed by atoms with E-state index < -0.39 is 0 Å². The van der Waals surface area contributed by atoms with E-state index in [4.69, 9.17) is 27.9 Å². The summed E-state index contributed by atoms with van der Waals surface area (Å²) in [7, 11) is 3.60. The number of methoxy groups -OCH3 is 1. The van der Waals surface area contributed by atoms with Crippen molar-refractivity contribution in [1.29, 1.82) is 0 Å². The predicted octanol–water partition coefficient (Wildman–Crippen LogP) is 3.25. The fourth-order valence-electron chi connectivity index (χ4n) is 1.13. The molecule has 0 aliphatic rings. The van der Waals surface area contributed by atoms with E-state index in [9.17, 15) is 0 Å². The molecule has 0 spiro atoms. The van der Waals surface area contributed by atoms with Gasteiger partial charge in [-0.3, -0.25) is 0 Å². The number of halogens is 2. The Morgan fingerprint density at radius 2 is 2.08 bits per heavy atom. The van der Waals surface area contributed by atoms with Crippen molar-refractivity contribution < 1.29 is 4.74 Å². The first-order chi connectivity index (χ1) is 6.20. The minimum absolute atomic E-state index is 0.605. The minimum Gasteiger partial charge on any atom is -0.495 e. The van der Waals surface area contributed by atoms with Gasteiger partial charge in [0.15, 0.2) is 0 Å². The van der Waals surface area contributed by atoms with E-state index in [1.54, 1.807) is 19.2 Å². The molecule has 1 aromatic carbocycles. The first-order valence-electron chi connectivity index (χ1n) is 3.99. The van der Waals surface area contributed by atoms with Gasteiger partial charge in [-0.1, -0.05) is 36.3 Å². The maximum Gasteiger partial charge on any atom is 0.137 e. The van der Waals surface area contributed by atoms with Gasteiger partial charge in [0.05, 0.1) is 12.1 Å². The smallest absolute Gasteiger partial charge is 0.137 e. The highest BCUT2D eigenvalue weighted by molar-refractivity contribution is 6.40. The van der Waals surface area contributed by atoms with Gasteiger partial charge in [0.1, 0.15) is 13.0 Å². The van der Waals surface area contributed by atoms with Gasteiger partial charge >= 0.3 is 0 Å². The van der Waals surface area contributed by atoms with Gasteiger partial charge in [0, 0.05) is 5.02 Å². The Morgan fingerprint density at radius 1 is 1.38 bits per heavy atom. The van der Waals surface area contributed by atoms with Crippen LogP contribution in [-0.4, -0.2) is 14.4 Å². The molecule has 0 aromatic heterocycles. The Hall–Kier alpha value is -0.335. The lowest BCUT2D eigenvalue weighted by atomic mass is 9.75. The third-order valence-electron chi connectivity index (χ3n) is 1.78. The summed E-state index contributed by atoms with van der Waals surface area (Å²) in [4.78, 5) is 0. The van der Waals surface area contributed by atoms with Gasteiger partial charge in [-0.25, -0.2) is 0 Å². The number of hydrogen-bond acceptors (Lipinski definition) is 1. The number of hydrogen-bond donors (Lipinski definition) is 0. The van der Waals surface area contributed by atoms with Crippen LogP contribution in [0.5, 0.6) is 5.75 Å². The van der Waals surface area contributed by atoms with Crippen molar-refractivity contribution in [1.82, 2.24) is 0 Å². The van der Waals surface area contributed by atoms with Crippen LogP contribution in [0.25, 0.3) is 0 Å². The number of rotatable bonds is 3. The fraction of sp³-hybridized carbons (Fsp3) is 0.333. The van der Waals surface area contributed by atoms with E-state index in [-0.39, 0.29) is 0 Å². The van der Waals surface area contributed by atoms with Gasteiger partial charge < -0.3 is 4.74 Å². The molecule has 13 heavy (non-hydrogen) atoms. The van der Waals surface area contributed by atoms with E-state index in [0.29, 0.717) is 15.8 Å². The molecule has 1 aromatic rings. The molecule has 1 nitrogen and oxygen atoms in total. The molecule has 1 rings (SSSR count). The summed E-state index contributed by atoms with van der Waals surface area (Å²) in [5, 5.41) is 1.29. The zero-order valence-electron chi connectivity index (χ0n) is 7.60. The second kappa shape index (κ2) is 4.78. The summed E-state index contributed by atoms with van der Waals surface area (Å²) in [6.07, 6.45) is 0.759. The van der Waals surface area contributed by atoms with E-state index in [1.807, 2.05) is 14.1 Å². The minimum atomic E-state index is 0.605. The van der Waals surface area contributed by atoms with Gasteiger partial charge in [-0.2, -0.15) is 0 Å². The monoisotopic (exact) mass is 215 g/mol. The molecule has 0 heterocycles. The lowest BCUT2D eigenvalue weighted by Crippen LogP contribution is -1.96. The van der Waals surface area contributed by atoms with Crippen molar-refractivity contribution in [2.24, 2.45) is 0 Å². The zero-order valence-corrected chi connectivity index (χ0v) is 9.12. The van der Waals surface area contributed by atoms with Crippen LogP contribution in [0.4, 0.5) is 0 Å². The normalized spacial score (nSPS) is 9.85. The Morgan fingerprint density at radius 3 is 2.62 bits per heavy atom. The lowest BCUT2D eigenvalue weighted by Gasteiger charge is -2.09. The van der Waals surface area contributed by atoms with E-state index >= 15 is 0 Å². The molecule has 0 amide bonds. The molecule has 0 N–H and O–H groups in total. The highest BCUT2D eigenvalue weighted by Gasteiger charge is 2.09. The SMILES string of the molecule is C[B]Cc1c(Cl)ccc(OC)c1Cl. The van der Waals surface area contributed by atoms with Gasteiger partial charge in [-0.15, -0.1) is 0 Å². The average Bonchev–Trinajstić information content (AvgIpc) is 2.12. The molecule has 0 atom stereocenters. The molecule has 0 aliphatic carbocycles. The van der Waals surface area contributed by atoms with Crippen molar-refractivity contribution in [2.75, 3.05) is 7.11 Å². The van der Waals surface area contributed by atoms with Crippen molar-refractivity contribution >= 4 is 30.5 Å². The Labute approximate surface area is 89.2 Å². The van der Waals surface area contributed by atoms with Gasteiger partial charge in [-0.05, 0) is 17.7 Å². The molecule has 69 valence electrons. The van der Waals surface area contributed by atoms with Crippen LogP contribution in [0.15, 0.2) is 12.1 Å². The third kappa shape index (κ3) is 2.32. The van der Waals surface area contributed by atoms with E-state index in [2.05, 4.69) is 0 Å². The molecule has 0 saturated heterocycles. The third-order valence-corrected chi connectivity index (χ3v) is 2.55. The van der Waals surface area contributed by atoms with Crippen LogP contribution < -0.4 is 4.74 Å². The largest absolute Gasteiger partial charge is 0.495 e. The Balaban J connectivity index is 3.13. The van der Waals surface area contributed by atoms with E-state index in [0.717, 1.165) is 11.9 Å². The molecular formula is C9H10BCl2O. The summed E-state index contributed by atoms with van der Waals surface area (Å²) < 4.78 is 5.08. The summed E-state index contributed by atoms with van der Waals surface area (Å²) in [6, 6.07) is 3.56. The molecular weight excluding hydrogens is 206 g/mol. The van der Waals surface area contributed by atoms with Crippen LogP contribution in [0.2, 0.25) is 16.9 Å². The highest BCUT2D eigenvalue weighted by atomic mass is 35.5. The first-order valence-corrected chi connectivity index (χ1v) is 4.75. The lowest BCUT2D eigenvalue weighted by molar-refractivity contribution is 0.414. The predicted molar refractivity (Wildman–Crippen MR) is 58.3 cm³/mol. The summed E-state index contributed by atoms with van der Waals surface area (Å²) in [5.74, 6) is 0.669. The van der Waals surface area contributed by atoms with Crippen LogP contribution in [-0.2, 0) is 6.32 Å². The standard InChI is InChI=1S/C9H10BCl2O/c1-10-5-6-7(11)3-4-8(13-2)9(6)12/h3-4H,5H2,1-2H3. The van der Waals surface area contributed by atoms with Gasteiger partial charge in [0.2, 0.25) is 0 Å². The second-order valence-electron chi connectivity index (χ2n) is 2.65. The summed E-state index contributed by atoms with van der Waals surface area (Å²) in [6.45, 7) is 1.96. The van der Waals surface area contributed by atoms with Crippen molar-refractivity contribution in [3.63, 3.8) is 0 Å². The maximum absolute atomic E-state index is 6.06. The second-order valence-corrected chi connectivity index (χ2v) is 3.44. The summed E-state index contributed by atoms with van der Waals surface area (Å²) >= 11 is 12.0. The zero-order chi connectivity index (χ0) is 9.84. The highest BCUT2D eigenvalue weighted by Crippen LogP contribution is 2.33. The Bertz CT molecular complexity index is 302. The molecule has 0 fully saturated rings. The summed E-state index contributed by atoms with van der Waals surface area (Å²) in [5.41, 5.74) is 0.921. The number of ether oxygens (including phenoxy) is 1. The molecule has 0 aliphatic heterocycles. The van der Waals surface area contributed by atoms with Crippen LogP contribution >= 0.6 is 23.2 Å². The van der Waals surface area contributed by atoms with Crippen molar-refractivity contribution in [3.8, 4) is 5.75 Å². The quantitative estimate of drug-likeness (QED) is 0.704. The van der Waals surface area contributed by atoms with Crippen LogP contribution in [0.3, 0.4) is 0 Å². The van der Waals surface area contributed by atoms with Crippen molar-refractivity contribution in [2.45, 2.75) is 13.1 Å². The first kappa shape index (κ1) is 10.7. The van der Waals surface area contributed by atoms with Crippen molar-refractivity contribution in [3.05, 3.63) is 27.7 Å². The molecule has 0 saturated carbocycles.